The fourth-order valence-corrected chi connectivity index (χ4v) is 5.32. The maximum atomic E-state index is 2.39. The number of hydrogen-bond donors (Lipinski definition) is 0. The van der Waals surface area contributed by atoms with Crippen LogP contribution < -0.4 is 16.5 Å². The van der Waals surface area contributed by atoms with Crippen LogP contribution in [0.2, 0.25) is 0 Å². The predicted octanol–water partition coefficient (Wildman–Crippen LogP) is 4.55. The molecule has 0 saturated heterocycles. The predicted molar refractivity (Wildman–Crippen MR) is 129 cm³/mol. The van der Waals surface area contributed by atoms with E-state index in [2.05, 4.69) is 108 Å². The lowest BCUT2D eigenvalue weighted by Gasteiger charge is -2.25. The number of nitrogens with zero attached hydrogens (tertiary/aromatic N) is 1. The second kappa shape index (κ2) is 7.26. The summed E-state index contributed by atoms with van der Waals surface area (Å²) in [6.07, 6.45) is 0. The first-order valence-corrected chi connectivity index (χ1v) is 10.5. The molecule has 0 atom stereocenters. The lowest BCUT2D eigenvalue weighted by Crippen LogP contribution is -2.57. The molecule has 29 heavy (non-hydrogen) atoms. The van der Waals surface area contributed by atoms with Gasteiger partial charge in [0.15, 0.2) is 0 Å². The molecule has 4 rings (SSSR count). The molecular formula is C27H30BN. The average Bonchev–Trinajstić information content (AvgIpc) is 2.95. The fraction of sp³-hybridized carbons (Fsp3) is 0.259. The van der Waals surface area contributed by atoms with Gasteiger partial charge < -0.3 is 4.57 Å². The zero-order valence-electron chi connectivity index (χ0n) is 18.7. The zero-order chi connectivity index (χ0) is 20.9. The fourth-order valence-electron chi connectivity index (χ4n) is 5.32. The van der Waals surface area contributed by atoms with Crippen LogP contribution in [-0.4, -0.2) is 11.3 Å². The van der Waals surface area contributed by atoms with E-state index in [9.17, 15) is 0 Å². The number of hydrogen-bond acceptors (Lipinski definition) is 0. The Hall–Kier alpha value is -2.74. The number of aryl methyl sites for hydroxylation is 7. The van der Waals surface area contributed by atoms with Gasteiger partial charge in [-0.2, -0.15) is 0 Å². The van der Waals surface area contributed by atoms with Crippen LogP contribution in [0, 0.1) is 41.5 Å². The molecule has 2 heteroatoms. The highest BCUT2D eigenvalue weighted by molar-refractivity contribution is 6.96. The van der Waals surface area contributed by atoms with Crippen LogP contribution >= 0.6 is 0 Å². The smallest absolute Gasteiger partial charge is 0.263 e. The molecule has 0 aliphatic rings. The van der Waals surface area contributed by atoms with Crippen LogP contribution in [0.4, 0.5) is 0 Å². The zero-order valence-corrected chi connectivity index (χ0v) is 18.7. The molecule has 1 nitrogen and oxygen atoms in total. The van der Waals surface area contributed by atoms with E-state index in [1.807, 2.05) is 0 Å². The molecule has 0 aliphatic heterocycles. The van der Waals surface area contributed by atoms with Crippen molar-refractivity contribution in [3.8, 4) is 0 Å². The first-order valence-electron chi connectivity index (χ1n) is 10.5. The maximum absolute atomic E-state index is 2.39. The van der Waals surface area contributed by atoms with Crippen molar-refractivity contribution in [1.82, 2.24) is 4.57 Å². The third-order valence-electron chi connectivity index (χ3n) is 6.34. The van der Waals surface area contributed by atoms with E-state index in [-0.39, 0.29) is 6.71 Å². The van der Waals surface area contributed by atoms with E-state index in [1.165, 1.54) is 60.8 Å². The highest BCUT2D eigenvalue weighted by atomic mass is 14.9. The molecular weight excluding hydrogens is 349 g/mol. The number of para-hydroxylation sites is 1. The van der Waals surface area contributed by atoms with Crippen molar-refractivity contribution < 1.29 is 0 Å². The van der Waals surface area contributed by atoms with Crippen LogP contribution in [0.1, 0.15) is 33.4 Å². The van der Waals surface area contributed by atoms with E-state index in [4.69, 9.17) is 0 Å². The lowest BCUT2D eigenvalue weighted by atomic mass is 9.35. The first-order chi connectivity index (χ1) is 13.8. The van der Waals surface area contributed by atoms with Crippen molar-refractivity contribution in [1.29, 1.82) is 0 Å². The minimum absolute atomic E-state index is 0.216. The Kier molecular flexibility index (Phi) is 4.90. The monoisotopic (exact) mass is 379 g/mol. The minimum atomic E-state index is 0.216. The second-order valence-electron chi connectivity index (χ2n) is 8.74. The normalized spacial score (nSPS) is 11.3. The van der Waals surface area contributed by atoms with Crippen LogP contribution in [-0.2, 0) is 7.05 Å². The van der Waals surface area contributed by atoms with Gasteiger partial charge in [-0.25, -0.2) is 0 Å². The van der Waals surface area contributed by atoms with Crippen LogP contribution in [0.5, 0.6) is 0 Å². The Morgan fingerprint density at radius 2 is 1.07 bits per heavy atom. The summed E-state index contributed by atoms with van der Waals surface area (Å²) in [6.45, 7) is 13.7. The third-order valence-corrected chi connectivity index (χ3v) is 6.34. The van der Waals surface area contributed by atoms with Gasteiger partial charge in [0.25, 0.3) is 6.71 Å². The average molecular weight is 379 g/mol. The molecule has 0 radical (unpaired) electrons. The number of rotatable bonds is 3. The first kappa shape index (κ1) is 19.6. The largest absolute Gasteiger partial charge is 0.355 e. The molecule has 0 spiro atoms. The standard InChI is InChI=1S/C27H30BN/c1-17-12-19(3)26(20(4)13-17)28(27-21(5)14-18(2)15-22(27)6)25-16-23-10-8-9-11-24(23)29(25)7/h8-16H,1-7H3. The molecule has 0 unspecified atom stereocenters. The molecule has 1 heterocycles. The molecule has 0 fully saturated rings. The van der Waals surface area contributed by atoms with Crippen molar-refractivity contribution in [3.63, 3.8) is 0 Å². The summed E-state index contributed by atoms with van der Waals surface area (Å²) >= 11 is 0. The van der Waals surface area contributed by atoms with E-state index >= 15 is 0 Å². The summed E-state index contributed by atoms with van der Waals surface area (Å²) in [5.41, 5.74) is 13.7. The lowest BCUT2D eigenvalue weighted by molar-refractivity contribution is 1.000. The second-order valence-corrected chi connectivity index (χ2v) is 8.74. The van der Waals surface area contributed by atoms with Crippen LogP contribution in [0.25, 0.3) is 10.9 Å². The van der Waals surface area contributed by atoms with Crippen LogP contribution in [0.3, 0.4) is 0 Å². The van der Waals surface area contributed by atoms with Gasteiger partial charge in [0.05, 0.1) is 0 Å². The molecule has 0 aliphatic carbocycles. The number of aromatic nitrogens is 1. The number of fused-ring (bicyclic) bond motifs is 1. The maximum Gasteiger partial charge on any atom is 0.263 e. The van der Waals surface area contributed by atoms with Gasteiger partial charge in [-0.3, -0.25) is 0 Å². The minimum Gasteiger partial charge on any atom is -0.355 e. The number of benzene rings is 3. The topological polar surface area (TPSA) is 4.93 Å². The molecule has 0 bridgehead atoms. The van der Waals surface area contributed by atoms with Gasteiger partial charge in [0.2, 0.25) is 0 Å². The van der Waals surface area contributed by atoms with Crippen molar-refractivity contribution in [2.24, 2.45) is 7.05 Å². The summed E-state index contributed by atoms with van der Waals surface area (Å²) in [5, 5.41) is 1.31. The van der Waals surface area contributed by atoms with Crippen molar-refractivity contribution >= 4 is 34.1 Å². The summed E-state index contributed by atoms with van der Waals surface area (Å²) in [5.74, 6) is 0. The molecule has 3 aromatic carbocycles. The third kappa shape index (κ3) is 3.31. The summed E-state index contributed by atoms with van der Waals surface area (Å²) in [4.78, 5) is 0. The molecule has 146 valence electrons. The van der Waals surface area contributed by atoms with E-state index in [0.717, 1.165) is 0 Å². The Bertz CT molecular complexity index is 1130. The highest BCUT2D eigenvalue weighted by Crippen LogP contribution is 2.17. The van der Waals surface area contributed by atoms with Gasteiger partial charge in [-0.05, 0) is 64.7 Å². The summed E-state index contributed by atoms with van der Waals surface area (Å²) in [7, 11) is 2.21. The Morgan fingerprint density at radius 1 is 0.621 bits per heavy atom. The van der Waals surface area contributed by atoms with Crippen LogP contribution in [0.15, 0.2) is 54.6 Å². The molecule has 4 aromatic rings. The Labute approximate surface area is 175 Å². The van der Waals surface area contributed by atoms with Crippen molar-refractivity contribution in [2.75, 3.05) is 0 Å². The quantitative estimate of drug-likeness (QED) is 0.461. The summed E-state index contributed by atoms with van der Waals surface area (Å²) < 4.78 is 2.39. The highest BCUT2D eigenvalue weighted by Gasteiger charge is 2.31. The molecule has 0 N–H and O–H groups in total. The van der Waals surface area contributed by atoms with E-state index < -0.39 is 0 Å². The van der Waals surface area contributed by atoms with Crippen molar-refractivity contribution in [2.45, 2.75) is 41.5 Å². The van der Waals surface area contributed by atoms with Gasteiger partial charge in [0.1, 0.15) is 0 Å². The van der Waals surface area contributed by atoms with E-state index in [1.54, 1.807) is 0 Å². The SMILES string of the molecule is Cc1cc(C)c(B(c2c(C)cc(C)cc2C)c2cc3ccccc3n2C)c(C)c1. The van der Waals surface area contributed by atoms with Gasteiger partial charge >= 0.3 is 0 Å². The van der Waals surface area contributed by atoms with Gasteiger partial charge in [-0.1, -0.05) is 86.8 Å². The summed E-state index contributed by atoms with van der Waals surface area (Å²) in [6, 6.07) is 20.4. The molecule has 0 amide bonds. The molecule has 0 saturated carbocycles. The van der Waals surface area contributed by atoms with Gasteiger partial charge in [0, 0.05) is 12.6 Å². The molecule has 1 aromatic heterocycles. The Balaban J connectivity index is 2.10. The van der Waals surface area contributed by atoms with Gasteiger partial charge in [-0.15, -0.1) is 0 Å². The Morgan fingerprint density at radius 3 is 1.52 bits per heavy atom. The van der Waals surface area contributed by atoms with Crippen molar-refractivity contribution in [3.05, 3.63) is 88.0 Å². The van der Waals surface area contributed by atoms with E-state index in [0.29, 0.717) is 0 Å².